The van der Waals surface area contributed by atoms with Crippen LogP contribution in [0.15, 0.2) is 0 Å². The lowest BCUT2D eigenvalue weighted by Crippen LogP contribution is -2.35. The molecule has 0 heterocycles. The van der Waals surface area contributed by atoms with Crippen molar-refractivity contribution >= 4 is 19.8 Å². The van der Waals surface area contributed by atoms with Crippen molar-refractivity contribution < 1.29 is 42.1 Å². The number of hydrogen-bond donors (Lipinski definition) is 0. The number of phosphoric acid groups is 1. The van der Waals surface area contributed by atoms with Crippen molar-refractivity contribution in [2.24, 2.45) is 0 Å². The molecule has 9 nitrogen and oxygen atoms in total. The van der Waals surface area contributed by atoms with Gasteiger partial charge in [0.25, 0.3) is 7.82 Å². The van der Waals surface area contributed by atoms with E-state index in [-0.39, 0.29) is 32.0 Å². The maximum absolute atomic E-state index is 12.6. The molecule has 0 aliphatic carbocycles. The molecule has 10 heteroatoms. The van der Waals surface area contributed by atoms with Gasteiger partial charge < -0.3 is 27.9 Å². The summed E-state index contributed by atoms with van der Waals surface area (Å²) in [6, 6.07) is 0. The molecule has 0 bridgehead atoms. The Morgan fingerprint density at radius 3 is 1.29 bits per heavy atom. The van der Waals surface area contributed by atoms with Gasteiger partial charge in [-0.1, -0.05) is 168 Å². The lowest BCUT2D eigenvalue weighted by atomic mass is 10.0. The Morgan fingerprint density at radius 1 is 0.529 bits per heavy atom. The highest BCUT2D eigenvalue weighted by Gasteiger charge is 2.21. The molecule has 0 rings (SSSR count). The molecule has 0 saturated heterocycles. The van der Waals surface area contributed by atoms with Gasteiger partial charge in [-0.15, -0.1) is 0 Å². The summed E-state index contributed by atoms with van der Waals surface area (Å²) < 4.78 is 34.1. The maximum atomic E-state index is 12.6. The van der Waals surface area contributed by atoms with Gasteiger partial charge in [0.05, 0.1) is 40.9 Å². The first-order chi connectivity index (χ1) is 24.5. The molecular weight excluding hydrogens is 665 g/mol. The molecule has 0 saturated carbocycles. The number of unbranched alkanes of at least 4 members (excludes halogenated alkanes) is 24. The first-order valence-electron chi connectivity index (χ1n) is 21.2. The average Bonchev–Trinajstić information content (AvgIpc) is 3.08. The second-order valence-electron chi connectivity index (χ2n) is 15.7. The van der Waals surface area contributed by atoms with E-state index in [0.29, 0.717) is 17.3 Å². The Hall–Kier alpha value is -0.990. The number of ether oxygens (including phenoxy) is 2. The third-order valence-electron chi connectivity index (χ3n) is 9.34. The van der Waals surface area contributed by atoms with Crippen molar-refractivity contribution in [2.75, 3.05) is 47.5 Å². The maximum Gasteiger partial charge on any atom is 0.306 e. The second kappa shape index (κ2) is 34.8. The molecule has 304 valence electrons. The fourth-order valence-corrected chi connectivity index (χ4v) is 6.90. The van der Waals surface area contributed by atoms with Crippen LogP contribution in [0.1, 0.15) is 200 Å². The molecule has 0 fully saturated rings. The highest BCUT2D eigenvalue weighted by atomic mass is 31.2. The van der Waals surface area contributed by atoms with Crippen molar-refractivity contribution in [2.45, 2.75) is 206 Å². The summed E-state index contributed by atoms with van der Waals surface area (Å²) in [7, 11) is 1.45. The summed E-state index contributed by atoms with van der Waals surface area (Å²) in [4.78, 5) is 37.5. The largest absolute Gasteiger partial charge is 0.756 e. The molecule has 0 amide bonds. The fraction of sp³-hybridized carbons (Fsp3) is 0.951. The molecule has 0 aliphatic rings. The number of hydrogen-bond acceptors (Lipinski definition) is 8. The molecule has 0 radical (unpaired) electrons. The number of carbonyl (C=O) groups is 2. The topological polar surface area (TPSA) is 111 Å². The van der Waals surface area contributed by atoms with E-state index in [1.165, 1.54) is 128 Å². The molecule has 0 aromatic rings. The van der Waals surface area contributed by atoms with Crippen LogP contribution in [0.4, 0.5) is 0 Å². The Labute approximate surface area is 314 Å². The van der Waals surface area contributed by atoms with Gasteiger partial charge in [0.2, 0.25) is 0 Å². The molecular formula is C41H82NO8P. The molecule has 0 aliphatic heterocycles. The monoisotopic (exact) mass is 748 g/mol. The zero-order chi connectivity index (χ0) is 37.9. The van der Waals surface area contributed by atoms with Gasteiger partial charge in [-0.2, -0.15) is 0 Å². The zero-order valence-electron chi connectivity index (χ0n) is 34.1. The molecule has 2 unspecified atom stereocenters. The normalized spacial score (nSPS) is 13.6. The van der Waals surface area contributed by atoms with E-state index in [1.807, 2.05) is 21.1 Å². The summed E-state index contributed by atoms with van der Waals surface area (Å²) in [6.07, 6.45) is 31.7. The molecule has 2 atom stereocenters. The van der Waals surface area contributed by atoms with Gasteiger partial charge >= 0.3 is 11.9 Å². The number of phosphoric ester groups is 1. The number of nitrogens with zero attached hydrogens (tertiary/aromatic N) is 1. The number of esters is 2. The number of quaternary nitrogens is 1. The van der Waals surface area contributed by atoms with Gasteiger partial charge in [0.1, 0.15) is 6.61 Å². The Bertz CT molecular complexity index is 850. The van der Waals surface area contributed by atoms with Gasteiger partial charge in [-0.3, -0.25) is 14.2 Å². The van der Waals surface area contributed by atoms with Crippen LogP contribution < -0.4 is 4.89 Å². The van der Waals surface area contributed by atoms with Crippen LogP contribution in [0.5, 0.6) is 0 Å². The quantitative estimate of drug-likeness (QED) is 0.0264. The third-order valence-corrected chi connectivity index (χ3v) is 10.3. The molecule has 51 heavy (non-hydrogen) atoms. The van der Waals surface area contributed by atoms with Crippen LogP contribution >= 0.6 is 7.82 Å². The van der Waals surface area contributed by atoms with Gasteiger partial charge in [-0.25, -0.2) is 0 Å². The number of carbonyl (C=O) groups excluding carboxylic acids is 2. The lowest BCUT2D eigenvalue weighted by molar-refractivity contribution is -0.870. The van der Waals surface area contributed by atoms with E-state index in [2.05, 4.69) is 13.8 Å². The summed E-state index contributed by atoms with van der Waals surface area (Å²) in [5, 5.41) is 0. The van der Waals surface area contributed by atoms with Crippen molar-refractivity contribution in [1.29, 1.82) is 0 Å². The van der Waals surface area contributed by atoms with E-state index >= 15 is 0 Å². The smallest absolute Gasteiger partial charge is 0.306 e. The SMILES string of the molecule is CCCCCCCCCCCCCCCC(=O)OCC(COP(=O)([O-])OCCC[N+](C)(C)C)OC(=O)CCCCCCCCCCCCCCC. The highest BCUT2D eigenvalue weighted by molar-refractivity contribution is 7.45. The molecule has 0 aromatic heterocycles. The van der Waals surface area contributed by atoms with Crippen molar-refractivity contribution in [3.63, 3.8) is 0 Å². The molecule has 0 aromatic carbocycles. The highest BCUT2D eigenvalue weighted by Crippen LogP contribution is 2.38. The minimum Gasteiger partial charge on any atom is -0.756 e. The minimum atomic E-state index is -4.60. The van der Waals surface area contributed by atoms with Gasteiger partial charge in [0, 0.05) is 19.3 Å². The summed E-state index contributed by atoms with van der Waals surface area (Å²) in [5.74, 6) is -0.818. The van der Waals surface area contributed by atoms with Crippen molar-refractivity contribution in [3.8, 4) is 0 Å². The third kappa shape index (κ3) is 38.5. The zero-order valence-corrected chi connectivity index (χ0v) is 35.0. The van der Waals surface area contributed by atoms with Crippen molar-refractivity contribution in [3.05, 3.63) is 0 Å². The first kappa shape index (κ1) is 50.0. The van der Waals surface area contributed by atoms with Crippen LogP contribution in [-0.4, -0.2) is 70.0 Å². The van der Waals surface area contributed by atoms with Crippen molar-refractivity contribution in [1.82, 2.24) is 0 Å². The van der Waals surface area contributed by atoms with E-state index < -0.39 is 26.5 Å². The minimum absolute atomic E-state index is 0.00785. The van der Waals surface area contributed by atoms with Gasteiger partial charge in [-0.05, 0) is 12.8 Å². The Morgan fingerprint density at radius 2 is 0.902 bits per heavy atom. The van der Waals surface area contributed by atoms with Crippen LogP contribution in [0, 0.1) is 0 Å². The predicted octanol–water partition coefficient (Wildman–Crippen LogP) is 11.0. The van der Waals surface area contributed by atoms with Crippen LogP contribution in [-0.2, 0) is 32.7 Å². The average molecular weight is 748 g/mol. The second-order valence-corrected chi connectivity index (χ2v) is 17.1. The Balaban J connectivity index is 4.40. The first-order valence-corrected chi connectivity index (χ1v) is 22.7. The molecule has 0 spiro atoms. The van der Waals surface area contributed by atoms with Gasteiger partial charge in [0.15, 0.2) is 6.10 Å². The van der Waals surface area contributed by atoms with E-state index in [4.69, 9.17) is 18.5 Å². The summed E-state index contributed by atoms with van der Waals surface area (Å²) >= 11 is 0. The summed E-state index contributed by atoms with van der Waals surface area (Å²) in [5.41, 5.74) is 0. The standard InChI is InChI=1S/C41H82NO8P/c1-6-8-10-12-14-16-18-20-22-24-26-28-30-33-40(43)47-37-39(38-49-51(45,46)48-36-32-35-42(3,4)5)50-41(44)34-31-29-27-25-23-21-19-17-15-13-11-9-7-2/h39H,6-38H2,1-5H3. The fourth-order valence-electron chi connectivity index (χ4n) is 6.12. The number of rotatable bonds is 39. The summed E-state index contributed by atoms with van der Waals surface area (Å²) in [6.45, 7) is 4.55. The van der Waals surface area contributed by atoms with Crippen LogP contribution in [0.3, 0.4) is 0 Å². The predicted molar refractivity (Wildman–Crippen MR) is 208 cm³/mol. The van der Waals surface area contributed by atoms with E-state index in [0.717, 1.165) is 38.6 Å². The lowest BCUT2D eigenvalue weighted by Gasteiger charge is -2.27. The van der Waals surface area contributed by atoms with Crippen LogP contribution in [0.25, 0.3) is 0 Å². The Kier molecular flexibility index (Phi) is 34.1. The van der Waals surface area contributed by atoms with E-state index in [1.54, 1.807) is 0 Å². The molecule has 0 N–H and O–H groups in total. The van der Waals surface area contributed by atoms with E-state index in [9.17, 15) is 19.0 Å². The van der Waals surface area contributed by atoms with Crippen LogP contribution in [0.2, 0.25) is 0 Å².